The Morgan fingerprint density at radius 3 is 2.36 bits per heavy atom. The van der Waals surface area contributed by atoms with Gasteiger partial charge in [0.2, 0.25) is 0 Å². The number of nitrogens with zero attached hydrogens (tertiary/aromatic N) is 4. The number of urea groups is 1. The summed E-state index contributed by atoms with van der Waals surface area (Å²) in [7, 11) is 0. The van der Waals surface area contributed by atoms with Crippen LogP contribution in [0.25, 0.3) is 0 Å². The first-order valence-corrected chi connectivity index (χ1v) is 7.85. The van der Waals surface area contributed by atoms with Crippen LogP contribution in [0.3, 0.4) is 0 Å². The lowest BCUT2D eigenvalue weighted by molar-refractivity contribution is 0.0907. The molecule has 0 spiro atoms. The fourth-order valence-electron chi connectivity index (χ4n) is 3.00. The van der Waals surface area contributed by atoms with Crippen LogP contribution in [0, 0.1) is 0 Å². The molecule has 2 aliphatic rings. The molecule has 0 atom stereocenters. The second-order valence-corrected chi connectivity index (χ2v) is 5.80. The second kappa shape index (κ2) is 6.72. The van der Waals surface area contributed by atoms with Gasteiger partial charge in [0, 0.05) is 44.6 Å². The second-order valence-electron chi connectivity index (χ2n) is 5.80. The maximum absolute atomic E-state index is 12.3. The first-order valence-electron chi connectivity index (χ1n) is 7.85. The smallest absolute Gasteiger partial charge is 0.319 e. The normalized spacial score (nSPS) is 19.3. The number of carbonyl (C=O) groups is 2. The van der Waals surface area contributed by atoms with Crippen molar-refractivity contribution in [1.29, 1.82) is 0 Å². The molecule has 1 N–H and O–H groups in total. The Labute approximate surface area is 129 Å². The summed E-state index contributed by atoms with van der Waals surface area (Å²) in [5.41, 5.74) is 0.332. The van der Waals surface area contributed by atoms with Crippen molar-refractivity contribution in [2.24, 2.45) is 0 Å². The standard InChI is InChI=1S/C15H21N5O2/c21-14(13-11-16-5-6-17-13)18-12-3-9-20(10-4-12)15(22)19-7-1-2-8-19/h5-6,11-12H,1-4,7-10H2,(H,18,21). The minimum absolute atomic E-state index is 0.0946. The summed E-state index contributed by atoms with van der Waals surface area (Å²) in [6, 6.07) is 0.244. The predicted molar refractivity (Wildman–Crippen MR) is 80.3 cm³/mol. The van der Waals surface area contributed by atoms with Crippen LogP contribution < -0.4 is 5.32 Å². The van der Waals surface area contributed by atoms with Gasteiger partial charge in [-0.05, 0) is 25.7 Å². The molecule has 7 nitrogen and oxygen atoms in total. The third-order valence-corrected chi connectivity index (χ3v) is 4.27. The fraction of sp³-hybridized carbons (Fsp3) is 0.600. The van der Waals surface area contributed by atoms with E-state index >= 15 is 0 Å². The minimum Gasteiger partial charge on any atom is -0.348 e. The monoisotopic (exact) mass is 303 g/mol. The van der Waals surface area contributed by atoms with Crippen LogP contribution in [0.1, 0.15) is 36.2 Å². The molecule has 0 unspecified atom stereocenters. The van der Waals surface area contributed by atoms with E-state index in [1.807, 2.05) is 9.80 Å². The van der Waals surface area contributed by atoms with Crippen LogP contribution in [0.5, 0.6) is 0 Å². The largest absolute Gasteiger partial charge is 0.348 e. The van der Waals surface area contributed by atoms with Crippen molar-refractivity contribution in [1.82, 2.24) is 25.1 Å². The number of hydrogen-bond acceptors (Lipinski definition) is 4. The van der Waals surface area contributed by atoms with Crippen molar-refractivity contribution >= 4 is 11.9 Å². The van der Waals surface area contributed by atoms with Gasteiger partial charge in [-0.25, -0.2) is 9.78 Å². The highest BCUT2D eigenvalue weighted by Crippen LogP contribution is 2.16. The van der Waals surface area contributed by atoms with Gasteiger partial charge in [-0.3, -0.25) is 9.78 Å². The molecule has 3 amide bonds. The zero-order valence-corrected chi connectivity index (χ0v) is 12.6. The molecular formula is C15H21N5O2. The summed E-state index contributed by atoms with van der Waals surface area (Å²) in [5.74, 6) is -0.197. The first-order chi connectivity index (χ1) is 10.7. The zero-order valence-electron chi connectivity index (χ0n) is 12.6. The van der Waals surface area contributed by atoms with E-state index in [2.05, 4.69) is 15.3 Å². The molecule has 118 valence electrons. The highest BCUT2D eigenvalue weighted by Gasteiger charge is 2.28. The van der Waals surface area contributed by atoms with Crippen molar-refractivity contribution in [3.05, 3.63) is 24.3 Å². The highest BCUT2D eigenvalue weighted by molar-refractivity contribution is 5.92. The fourth-order valence-corrected chi connectivity index (χ4v) is 3.00. The van der Waals surface area contributed by atoms with E-state index in [9.17, 15) is 9.59 Å². The molecule has 1 aromatic rings. The molecule has 3 heterocycles. The van der Waals surface area contributed by atoms with Crippen LogP contribution in [0.2, 0.25) is 0 Å². The maximum atomic E-state index is 12.3. The van der Waals surface area contributed by atoms with Gasteiger partial charge in [0.05, 0.1) is 6.20 Å². The molecule has 2 saturated heterocycles. The van der Waals surface area contributed by atoms with Crippen LogP contribution in [0.4, 0.5) is 4.79 Å². The highest BCUT2D eigenvalue weighted by atomic mass is 16.2. The summed E-state index contributed by atoms with van der Waals surface area (Å²) >= 11 is 0. The Balaban J connectivity index is 1.47. The molecule has 2 aliphatic heterocycles. The van der Waals surface area contributed by atoms with Gasteiger partial charge in [0.25, 0.3) is 5.91 Å². The molecule has 0 aromatic carbocycles. The van der Waals surface area contributed by atoms with Crippen LogP contribution in [-0.4, -0.2) is 63.9 Å². The summed E-state index contributed by atoms with van der Waals surface area (Å²) in [6.45, 7) is 3.14. The van der Waals surface area contributed by atoms with Gasteiger partial charge in [-0.15, -0.1) is 0 Å². The number of carbonyl (C=O) groups excluding carboxylic acids is 2. The number of likely N-dealkylation sites (tertiary alicyclic amines) is 2. The Morgan fingerprint density at radius 1 is 1.05 bits per heavy atom. The van der Waals surface area contributed by atoms with Crippen LogP contribution in [0.15, 0.2) is 18.6 Å². The summed E-state index contributed by atoms with van der Waals surface area (Å²) in [5, 5.41) is 2.97. The van der Waals surface area contributed by atoms with Crippen molar-refractivity contribution in [3.8, 4) is 0 Å². The van der Waals surface area contributed by atoms with E-state index in [0.29, 0.717) is 18.8 Å². The van der Waals surface area contributed by atoms with Gasteiger partial charge in [-0.2, -0.15) is 0 Å². The van der Waals surface area contributed by atoms with E-state index in [-0.39, 0.29) is 18.0 Å². The SMILES string of the molecule is O=C(NC1CCN(C(=O)N2CCCC2)CC1)c1cnccn1. The Kier molecular flexibility index (Phi) is 4.50. The van der Waals surface area contributed by atoms with Crippen molar-refractivity contribution < 1.29 is 9.59 Å². The molecule has 0 bridgehead atoms. The van der Waals surface area contributed by atoms with Crippen LogP contribution in [-0.2, 0) is 0 Å². The Morgan fingerprint density at radius 2 is 1.73 bits per heavy atom. The maximum Gasteiger partial charge on any atom is 0.319 e. The number of rotatable bonds is 2. The molecule has 0 saturated carbocycles. The average molecular weight is 303 g/mol. The summed E-state index contributed by atoms with van der Waals surface area (Å²) in [6.07, 6.45) is 8.29. The third-order valence-electron chi connectivity index (χ3n) is 4.27. The van der Waals surface area contributed by atoms with Gasteiger partial charge >= 0.3 is 6.03 Å². The number of amides is 3. The van der Waals surface area contributed by atoms with E-state index in [0.717, 1.165) is 38.8 Å². The molecule has 1 aromatic heterocycles. The Hall–Kier alpha value is -2.18. The number of nitrogens with one attached hydrogen (secondary N) is 1. The van der Waals surface area contributed by atoms with Gasteiger partial charge in [0.1, 0.15) is 5.69 Å². The molecule has 22 heavy (non-hydrogen) atoms. The van der Waals surface area contributed by atoms with Gasteiger partial charge in [0.15, 0.2) is 0 Å². The first kappa shape index (κ1) is 14.7. The average Bonchev–Trinajstić information content (AvgIpc) is 3.10. The Bertz CT molecular complexity index is 522. The van der Waals surface area contributed by atoms with Crippen molar-refractivity contribution in [2.45, 2.75) is 31.7 Å². The lowest BCUT2D eigenvalue weighted by Crippen LogP contribution is -2.50. The number of hydrogen-bond donors (Lipinski definition) is 1. The molecular weight excluding hydrogens is 282 g/mol. The van der Waals surface area contributed by atoms with Gasteiger partial charge in [-0.1, -0.05) is 0 Å². The third kappa shape index (κ3) is 3.35. The lowest BCUT2D eigenvalue weighted by Gasteiger charge is -2.34. The molecule has 0 radical (unpaired) electrons. The van der Waals surface area contributed by atoms with Gasteiger partial charge < -0.3 is 15.1 Å². The zero-order chi connectivity index (χ0) is 15.4. The number of aromatic nitrogens is 2. The summed E-state index contributed by atoms with van der Waals surface area (Å²) < 4.78 is 0. The van der Waals surface area contributed by atoms with E-state index in [1.165, 1.54) is 12.4 Å². The van der Waals surface area contributed by atoms with E-state index in [4.69, 9.17) is 0 Å². The summed E-state index contributed by atoms with van der Waals surface area (Å²) in [4.78, 5) is 36.1. The molecule has 3 rings (SSSR count). The molecule has 7 heteroatoms. The van der Waals surface area contributed by atoms with E-state index in [1.54, 1.807) is 6.20 Å². The van der Waals surface area contributed by atoms with E-state index < -0.39 is 0 Å². The molecule has 2 fully saturated rings. The number of piperidine rings is 1. The minimum atomic E-state index is -0.197. The molecule has 0 aliphatic carbocycles. The predicted octanol–water partition coefficient (Wildman–Crippen LogP) is 0.887. The lowest BCUT2D eigenvalue weighted by atomic mass is 10.1. The van der Waals surface area contributed by atoms with Crippen molar-refractivity contribution in [3.63, 3.8) is 0 Å². The van der Waals surface area contributed by atoms with Crippen LogP contribution >= 0.6 is 0 Å². The quantitative estimate of drug-likeness (QED) is 0.880. The van der Waals surface area contributed by atoms with Crippen molar-refractivity contribution in [2.75, 3.05) is 26.2 Å². The topological polar surface area (TPSA) is 78.4 Å².